The zero-order valence-electron chi connectivity index (χ0n) is 14.4. The molecule has 3 aromatic rings. The molecule has 3 rings (SSSR count). The van der Waals surface area contributed by atoms with Crippen LogP contribution in [0.25, 0.3) is 9.65 Å². The second kappa shape index (κ2) is 6.54. The Labute approximate surface area is 157 Å². The molecule has 0 spiro atoms. The number of ether oxygens (including phenoxy) is 1. The minimum atomic E-state index is -3.96. The molecule has 0 radical (unpaired) electrons. The van der Waals surface area contributed by atoms with Gasteiger partial charge in [0.1, 0.15) is 0 Å². The molecule has 0 amide bonds. The van der Waals surface area contributed by atoms with Gasteiger partial charge >= 0.3 is 157 Å². The number of hydrogen-bond acceptors (Lipinski definition) is 5. The molecule has 6 nitrogen and oxygen atoms in total. The Morgan fingerprint density at radius 2 is 1.65 bits per heavy atom. The van der Waals surface area contributed by atoms with Gasteiger partial charge in [0.2, 0.25) is 0 Å². The molecule has 0 aliphatic carbocycles. The molecule has 0 saturated heterocycles. The molecule has 26 heavy (non-hydrogen) atoms. The van der Waals surface area contributed by atoms with E-state index < -0.39 is 41.7 Å². The first-order valence-corrected chi connectivity index (χ1v) is 10.9. The van der Waals surface area contributed by atoms with E-state index in [9.17, 15) is 18.0 Å². The van der Waals surface area contributed by atoms with Crippen molar-refractivity contribution in [2.75, 3.05) is 0 Å². The monoisotopic (exact) mass is 439 g/mol. The zero-order chi connectivity index (χ0) is 19.1. The number of carbonyl (C=O) groups excluding carboxylic acids is 1. The van der Waals surface area contributed by atoms with Gasteiger partial charge in [0.25, 0.3) is 0 Å². The van der Waals surface area contributed by atoms with Crippen LogP contribution in [0.5, 0.6) is 5.75 Å². The molecule has 0 saturated carbocycles. The summed E-state index contributed by atoms with van der Waals surface area (Å²) in [4.78, 5) is 24.3. The topological polar surface area (TPSA) is 82.4 Å². The summed E-state index contributed by atoms with van der Waals surface area (Å²) >= 11 is -0.635. The van der Waals surface area contributed by atoms with Crippen molar-refractivity contribution in [1.29, 1.82) is 0 Å². The van der Waals surface area contributed by atoms with E-state index in [-0.39, 0.29) is 10.6 Å². The normalized spacial score (nSPS) is 12.3. The number of aromatic nitrogens is 1. The third-order valence-electron chi connectivity index (χ3n) is 3.63. The van der Waals surface area contributed by atoms with Crippen LogP contribution in [-0.2, 0) is 14.8 Å². The number of rotatable bonds is 3. The third kappa shape index (κ3) is 3.40. The Morgan fingerprint density at radius 1 is 1.04 bits per heavy atom. The molecular formula is C18H17NO5SSe. The summed E-state index contributed by atoms with van der Waals surface area (Å²) < 4.78 is 32.5. The van der Waals surface area contributed by atoms with Crippen molar-refractivity contribution in [3.63, 3.8) is 0 Å². The van der Waals surface area contributed by atoms with Gasteiger partial charge in [0.05, 0.1) is 0 Å². The number of esters is 1. The van der Waals surface area contributed by atoms with Gasteiger partial charge in [0.15, 0.2) is 0 Å². The van der Waals surface area contributed by atoms with Crippen molar-refractivity contribution in [2.45, 2.75) is 25.7 Å². The number of fused-ring (bicyclic) bond motifs is 1. The van der Waals surface area contributed by atoms with Gasteiger partial charge in [-0.2, -0.15) is 0 Å². The molecule has 1 heterocycles. The van der Waals surface area contributed by atoms with Crippen molar-refractivity contribution in [2.24, 2.45) is 5.41 Å². The van der Waals surface area contributed by atoms with Crippen LogP contribution < -0.4 is 10.3 Å². The van der Waals surface area contributed by atoms with Gasteiger partial charge in [-0.3, -0.25) is 0 Å². The molecule has 0 N–H and O–H groups in total. The van der Waals surface area contributed by atoms with E-state index in [4.69, 9.17) is 4.74 Å². The van der Waals surface area contributed by atoms with Crippen LogP contribution in [0.4, 0.5) is 0 Å². The Morgan fingerprint density at radius 3 is 2.23 bits per heavy atom. The van der Waals surface area contributed by atoms with Crippen LogP contribution in [0.1, 0.15) is 20.8 Å². The van der Waals surface area contributed by atoms with Gasteiger partial charge in [-0.1, -0.05) is 0 Å². The standard InChI is InChI=1S/C18H17NO5SSe/c1-18(2,3)17(21)24-12-8-10-13(11-9-12)25(22,23)19-16(20)14-6-4-5-7-15(14)26-19/h4-11H,1-3H3. The maximum atomic E-state index is 12.8. The SMILES string of the molecule is CC(C)(C)C(=O)Oc1ccc(S(=O)(=O)n2[se]c3ccccc3c2=O)cc1. The maximum absolute atomic E-state index is 12.8. The fourth-order valence-corrected chi connectivity index (χ4v) is 6.39. The van der Waals surface area contributed by atoms with E-state index in [2.05, 4.69) is 0 Å². The Balaban J connectivity index is 1.96. The first kappa shape index (κ1) is 18.6. The van der Waals surface area contributed by atoms with E-state index in [1.54, 1.807) is 45.0 Å². The summed E-state index contributed by atoms with van der Waals surface area (Å²) in [6.07, 6.45) is 0. The zero-order valence-corrected chi connectivity index (χ0v) is 17.0. The quantitative estimate of drug-likeness (QED) is 0.356. The van der Waals surface area contributed by atoms with Crippen LogP contribution in [0.15, 0.2) is 58.2 Å². The average Bonchev–Trinajstić information content (AvgIpc) is 2.92. The predicted molar refractivity (Wildman–Crippen MR) is 99.3 cm³/mol. The molecule has 0 unspecified atom stereocenters. The summed E-state index contributed by atoms with van der Waals surface area (Å²) in [6.45, 7) is 5.19. The van der Waals surface area contributed by atoms with Crippen molar-refractivity contribution in [3.8, 4) is 5.75 Å². The van der Waals surface area contributed by atoms with Crippen LogP contribution in [0.2, 0.25) is 0 Å². The van der Waals surface area contributed by atoms with Gasteiger partial charge in [-0.25, -0.2) is 0 Å². The summed E-state index contributed by atoms with van der Waals surface area (Å²) in [5.74, 6) is -0.160. The molecule has 1 aromatic heterocycles. The van der Waals surface area contributed by atoms with E-state index >= 15 is 0 Å². The van der Waals surface area contributed by atoms with Crippen LogP contribution >= 0.6 is 0 Å². The summed E-state index contributed by atoms with van der Waals surface area (Å²) in [5.41, 5.74) is -1.18. The summed E-state index contributed by atoms with van der Waals surface area (Å²) in [6, 6.07) is 12.4. The molecule has 0 fully saturated rings. The van der Waals surface area contributed by atoms with E-state index in [1.165, 1.54) is 24.3 Å². The van der Waals surface area contributed by atoms with Crippen LogP contribution in [-0.4, -0.2) is 32.1 Å². The van der Waals surface area contributed by atoms with Crippen molar-refractivity contribution < 1.29 is 17.9 Å². The Bertz CT molecular complexity index is 1130. The van der Waals surface area contributed by atoms with Gasteiger partial charge < -0.3 is 0 Å². The molecule has 0 aliphatic heterocycles. The van der Waals surface area contributed by atoms with Crippen LogP contribution in [0, 0.1) is 5.41 Å². The fourth-order valence-electron chi connectivity index (χ4n) is 2.15. The summed E-state index contributed by atoms with van der Waals surface area (Å²) in [5, 5.41) is 0.423. The molecular weight excluding hydrogens is 421 g/mol. The fraction of sp³-hybridized carbons (Fsp3) is 0.222. The molecule has 0 bridgehead atoms. The van der Waals surface area contributed by atoms with E-state index in [0.717, 1.165) is 7.23 Å². The van der Waals surface area contributed by atoms with Crippen molar-refractivity contribution in [1.82, 2.24) is 2.97 Å². The van der Waals surface area contributed by atoms with E-state index in [0.29, 0.717) is 5.39 Å². The van der Waals surface area contributed by atoms with Crippen LogP contribution in [0.3, 0.4) is 0 Å². The molecule has 0 atom stereocenters. The first-order valence-electron chi connectivity index (χ1n) is 7.80. The molecule has 2 aromatic carbocycles. The number of carbonyl (C=O) groups is 1. The first-order chi connectivity index (χ1) is 12.1. The Kier molecular flexibility index (Phi) is 4.69. The number of nitrogens with zero attached hydrogens (tertiary/aromatic N) is 1. The Hall–Kier alpha value is -2.15. The molecule has 8 heteroatoms. The van der Waals surface area contributed by atoms with Crippen molar-refractivity contribution in [3.05, 3.63) is 58.9 Å². The predicted octanol–water partition coefficient (Wildman–Crippen LogP) is 2.25. The second-order valence-corrected chi connectivity index (χ2v) is 11.1. The number of benzene rings is 2. The minimum absolute atomic E-state index is 0.0175. The van der Waals surface area contributed by atoms with E-state index in [1.807, 2.05) is 0 Å². The number of hydrogen-bond donors (Lipinski definition) is 0. The van der Waals surface area contributed by atoms with Gasteiger partial charge in [-0.05, 0) is 0 Å². The molecule has 0 aliphatic rings. The van der Waals surface area contributed by atoms with Gasteiger partial charge in [0, 0.05) is 0 Å². The molecule has 136 valence electrons. The third-order valence-corrected chi connectivity index (χ3v) is 8.58. The average molecular weight is 438 g/mol. The van der Waals surface area contributed by atoms with Gasteiger partial charge in [-0.15, -0.1) is 0 Å². The second-order valence-electron chi connectivity index (χ2n) is 6.74. The van der Waals surface area contributed by atoms with Crippen molar-refractivity contribution >= 4 is 40.4 Å². The summed E-state index contributed by atoms with van der Waals surface area (Å²) in [7, 11) is -3.96.